The average molecular weight is 376 g/mol. The molecule has 0 spiro atoms. The summed E-state index contributed by atoms with van der Waals surface area (Å²) in [7, 11) is 0. The van der Waals surface area contributed by atoms with Crippen molar-refractivity contribution in [3.05, 3.63) is 45.5 Å². The van der Waals surface area contributed by atoms with E-state index < -0.39 is 28.7 Å². The van der Waals surface area contributed by atoms with Crippen LogP contribution in [0.3, 0.4) is 0 Å². The number of nitro benzene ring substituents is 1. The molecular formula is C15H12N4O6S. The third-order valence-electron chi connectivity index (χ3n) is 3.63. The fourth-order valence-electron chi connectivity index (χ4n) is 2.46. The van der Waals surface area contributed by atoms with Crippen LogP contribution in [-0.4, -0.2) is 38.8 Å². The topological polar surface area (TPSA) is 143 Å². The Kier molecular flexibility index (Phi) is 4.63. The van der Waals surface area contributed by atoms with Crippen LogP contribution in [0.2, 0.25) is 0 Å². The van der Waals surface area contributed by atoms with Crippen LogP contribution < -0.4 is 10.2 Å². The van der Waals surface area contributed by atoms with Gasteiger partial charge < -0.3 is 10.4 Å². The van der Waals surface area contributed by atoms with Gasteiger partial charge in [-0.25, -0.2) is 9.88 Å². The zero-order chi connectivity index (χ0) is 18.8. The first-order valence-corrected chi connectivity index (χ1v) is 8.27. The second-order valence-corrected chi connectivity index (χ2v) is 6.30. The largest absolute Gasteiger partial charge is 0.481 e. The number of carbonyl (C=O) groups is 3. The Hall–Kier alpha value is -3.34. The van der Waals surface area contributed by atoms with E-state index in [-0.39, 0.29) is 29.4 Å². The number of aliphatic carboxylic acids is 1. The van der Waals surface area contributed by atoms with Crippen LogP contribution >= 0.6 is 11.3 Å². The molecule has 1 atom stereocenters. The van der Waals surface area contributed by atoms with Gasteiger partial charge in [0.25, 0.3) is 11.6 Å². The maximum Gasteiger partial charge on any atom is 0.309 e. The van der Waals surface area contributed by atoms with Crippen LogP contribution in [0.4, 0.5) is 16.5 Å². The minimum atomic E-state index is -1.06. The maximum absolute atomic E-state index is 12.5. The molecule has 2 N–H and O–H groups in total. The van der Waals surface area contributed by atoms with Crippen molar-refractivity contribution in [2.45, 2.75) is 18.9 Å². The van der Waals surface area contributed by atoms with Gasteiger partial charge in [0.05, 0.1) is 23.5 Å². The van der Waals surface area contributed by atoms with E-state index in [9.17, 15) is 24.5 Å². The van der Waals surface area contributed by atoms with Crippen molar-refractivity contribution in [3.63, 3.8) is 0 Å². The number of rotatable bonds is 6. The standard InChI is InChI=1S/C15H12N4O6S/c20-12-6-11(16-8-1-3-10(4-2-8)19(24)25)14(23)18(12)15-17-9(7-26-15)5-13(21)22/h1-4,7,11,16H,5-6H2,(H,21,22). The van der Waals surface area contributed by atoms with E-state index in [1.54, 1.807) is 0 Å². The highest BCUT2D eigenvalue weighted by Gasteiger charge is 2.41. The van der Waals surface area contributed by atoms with E-state index >= 15 is 0 Å². The van der Waals surface area contributed by atoms with Crippen molar-refractivity contribution in [2.75, 3.05) is 10.2 Å². The van der Waals surface area contributed by atoms with Crippen LogP contribution in [0.15, 0.2) is 29.6 Å². The molecule has 2 amide bonds. The summed E-state index contributed by atoms with van der Waals surface area (Å²) >= 11 is 1.02. The summed E-state index contributed by atoms with van der Waals surface area (Å²) in [6, 6.07) is 4.66. The lowest BCUT2D eigenvalue weighted by Crippen LogP contribution is -2.34. The summed E-state index contributed by atoms with van der Waals surface area (Å²) in [6.07, 6.45) is -0.388. The summed E-state index contributed by atoms with van der Waals surface area (Å²) in [5, 5.41) is 23.9. The SMILES string of the molecule is O=C(O)Cc1csc(N2C(=O)CC(Nc3ccc([N+](=O)[O-])cc3)C2=O)n1. The number of nitrogens with zero attached hydrogens (tertiary/aromatic N) is 3. The fraction of sp³-hybridized carbons (Fsp3) is 0.200. The summed E-state index contributed by atoms with van der Waals surface area (Å²) in [5.41, 5.74) is 0.652. The van der Waals surface area contributed by atoms with Gasteiger partial charge in [-0.1, -0.05) is 0 Å². The number of hydrogen-bond donors (Lipinski definition) is 2. The third kappa shape index (κ3) is 3.52. The first kappa shape index (κ1) is 17.5. The Morgan fingerprint density at radius 3 is 2.69 bits per heavy atom. The zero-order valence-corrected chi connectivity index (χ0v) is 13.9. The van der Waals surface area contributed by atoms with Gasteiger partial charge in [-0.05, 0) is 12.1 Å². The highest BCUT2D eigenvalue weighted by molar-refractivity contribution is 7.14. The van der Waals surface area contributed by atoms with Gasteiger partial charge >= 0.3 is 5.97 Å². The van der Waals surface area contributed by atoms with Crippen molar-refractivity contribution in [1.82, 2.24) is 4.98 Å². The molecule has 0 bridgehead atoms. The molecule has 1 aliphatic heterocycles. The second kappa shape index (κ2) is 6.88. The lowest BCUT2D eigenvalue weighted by molar-refractivity contribution is -0.384. The Morgan fingerprint density at radius 2 is 2.08 bits per heavy atom. The highest BCUT2D eigenvalue weighted by Crippen LogP contribution is 2.28. The molecule has 134 valence electrons. The van der Waals surface area contributed by atoms with Crippen LogP contribution in [0, 0.1) is 10.1 Å². The summed E-state index contributed by atoms with van der Waals surface area (Å²) < 4.78 is 0. The monoisotopic (exact) mass is 376 g/mol. The number of hydrogen-bond acceptors (Lipinski definition) is 8. The molecule has 1 fully saturated rings. The van der Waals surface area contributed by atoms with Gasteiger partial charge in [0.2, 0.25) is 5.91 Å². The first-order valence-electron chi connectivity index (χ1n) is 7.39. The minimum Gasteiger partial charge on any atom is -0.481 e. The molecule has 3 rings (SSSR count). The average Bonchev–Trinajstić information content (AvgIpc) is 3.12. The van der Waals surface area contributed by atoms with Crippen LogP contribution in [-0.2, 0) is 20.8 Å². The number of aromatic nitrogens is 1. The molecule has 1 unspecified atom stereocenters. The number of nitrogens with one attached hydrogen (secondary N) is 1. The Balaban J connectivity index is 1.73. The number of anilines is 2. The molecule has 11 heteroatoms. The van der Waals surface area contributed by atoms with Crippen LogP contribution in [0.1, 0.15) is 12.1 Å². The number of thiazole rings is 1. The van der Waals surface area contributed by atoms with E-state index in [4.69, 9.17) is 5.11 Å². The number of carboxylic acids is 1. The summed E-state index contributed by atoms with van der Waals surface area (Å²) in [6.45, 7) is 0. The van der Waals surface area contributed by atoms with Crippen molar-refractivity contribution in [3.8, 4) is 0 Å². The second-order valence-electron chi connectivity index (χ2n) is 5.46. The fourth-order valence-corrected chi connectivity index (χ4v) is 3.31. The maximum atomic E-state index is 12.5. The molecule has 0 aliphatic carbocycles. The quantitative estimate of drug-likeness (QED) is 0.438. The number of nitro groups is 1. The van der Waals surface area contributed by atoms with Crippen molar-refractivity contribution < 1.29 is 24.4 Å². The number of carboxylic acid groups (broad SMARTS) is 1. The number of carbonyl (C=O) groups excluding carboxylic acids is 2. The van der Waals surface area contributed by atoms with Crippen LogP contribution in [0.5, 0.6) is 0 Å². The Bertz CT molecular complexity index is 894. The van der Waals surface area contributed by atoms with E-state index in [1.165, 1.54) is 29.6 Å². The normalized spacial score (nSPS) is 16.8. The molecule has 26 heavy (non-hydrogen) atoms. The van der Waals surface area contributed by atoms with Crippen molar-refractivity contribution in [1.29, 1.82) is 0 Å². The van der Waals surface area contributed by atoms with E-state index in [1.807, 2.05) is 0 Å². The smallest absolute Gasteiger partial charge is 0.309 e. The molecular weight excluding hydrogens is 364 g/mol. The number of non-ortho nitro benzene ring substituents is 1. The zero-order valence-electron chi connectivity index (χ0n) is 13.1. The van der Waals surface area contributed by atoms with E-state index in [0.29, 0.717) is 5.69 Å². The van der Waals surface area contributed by atoms with Gasteiger partial charge in [-0.15, -0.1) is 11.3 Å². The van der Waals surface area contributed by atoms with Crippen molar-refractivity contribution in [2.24, 2.45) is 0 Å². The van der Waals surface area contributed by atoms with Gasteiger partial charge in [-0.3, -0.25) is 24.5 Å². The van der Waals surface area contributed by atoms with Gasteiger partial charge in [0, 0.05) is 23.2 Å². The molecule has 0 radical (unpaired) electrons. The molecule has 1 aliphatic rings. The van der Waals surface area contributed by atoms with Gasteiger partial charge in [0.1, 0.15) is 6.04 Å². The number of benzene rings is 1. The summed E-state index contributed by atoms with van der Waals surface area (Å²) in [5.74, 6) is -2.02. The molecule has 10 nitrogen and oxygen atoms in total. The minimum absolute atomic E-state index is 0.0836. The van der Waals surface area contributed by atoms with Gasteiger partial charge in [0.15, 0.2) is 5.13 Å². The van der Waals surface area contributed by atoms with Crippen molar-refractivity contribution >= 4 is 45.6 Å². The highest BCUT2D eigenvalue weighted by atomic mass is 32.1. The third-order valence-corrected chi connectivity index (χ3v) is 4.50. The number of imide groups is 1. The predicted molar refractivity (Wildman–Crippen MR) is 91.1 cm³/mol. The first-order chi connectivity index (χ1) is 12.3. The number of amides is 2. The molecule has 1 aromatic carbocycles. The lowest BCUT2D eigenvalue weighted by atomic mass is 10.2. The van der Waals surface area contributed by atoms with E-state index in [0.717, 1.165) is 16.2 Å². The summed E-state index contributed by atoms with van der Waals surface area (Å²) in [4.78, 5) is 50.5. The van der Waals surface area contributed by atoms with E-state index in [2.05, 4.69) is 10.3 Å². The van der Waals surface area contributed by atoms with Crippen LogP contribution in [0.25, 0.3) is 0 Å². The Labute approximate surface area is 150 Å². The molecule has 1 saturated heterocycles. The molecule has 2 heterocycles. The van der Waals surface area contributed by atoms with Gasteiger partial charge in [-0.2, -0.15) is 0 Å². The Morgan fingerprint density at radius 1 is 1.38 bits per heavy atom. The molecule has 0 saturated carbocycles. The predicted octanol–water partition coefficient (Wildman–Crippen LogP) is 1.42. The molecule has 2 aromatic rings. The molecule has 1 aromatic heterocycles. The lowest BCUT2D eigenvalue weighted by Gasteiger charge is -2.13.